The summed E-state index contributed by atoms with van der Waals surface area (Å²) in [5.41, 5.74) is 2.12. The number of rotatable bonds is 4. The van der Waals surface area contributed by atoms with E-state index in [-0.39, 0.29) is 30.2 Å². The molecule has 0 radical (unpaired) electrons. The fourth-order valence-corrected chi connectivity index (χ4v) is 3.77. The maximum Gasteiger partial charge on any atom is 0.270 e. The Balaban J connectivity index is 1.54. The highest BCUT2D eigenvalue weighted by Gasteiger charge is 2.31. The van der Waals surface area contributed by atoms with Gasteiger partial charge in [0.1, 0.15) is 11.7 Å². The first kappa shape index (κ1) is 17.5. The fourth-order valence-electron chi connectivity index (χ4n) is 3.77. The van der Waals surface area contributed by atoms with E-state index in [0.717, 1.165) is 34.6 Å². The van der Waals surface area contributed by atoms with E-state index in [1.165, 1.54) is 0 Å². The summed E-state index contributed by atoms with van der Waals surface area (Å²) in [6.07, 6.45) is 3.30. The van der Waals surface area contributed by atoms with Gasteiger partial charge in [-0.3, -0.25) is 9.59 Å². The number of carbonyl (C=O) groups is 2. The predicted octanol–water partition coefficient (Wildman–Crippen LogP) is 1.82. The topological polar surface area (TPSA) is 98.3 Å². The molecule has 140 valence electrons. The minimum absolute atomic E-state index is 0.0504. The molecule has 4 rings (SSSR count). The molecule has 1 aromatic carbocycles. The monoisotopic (exact) mass is 366 g/mol. The number of hydrogen-bond acceptors (Lipinski definition) is 4. The summed E-state index contributed by atoms with van der Waals surface area (Å²) in [4.78, 5) is 34.4. The van der Waals surface area contributed by atoms with Gasteiger partial charge in [0.15, 0.2) is 0 Å². The van der Waals surface area contributed by atoms with Crippen molar-refractivity contribution in [2.75, 3.05) is 13.2 Å². The van der Waals surface area contributed by atoms with Gasteiger partial charge >= 0.3 is 0 Å². The van der Waals surface area contributed by atoms with E-state index in [4.69, 9.17) is 0 Å². The SMILES string of the molecule is CC(NC(=O)c1cc2c(cn1)[nH]c1ccccc12)C(=O)N1CCCC1CO. The molecule has 1 aliphatic heterocycles. The van der Waals surface area contributed by atoms with Crippen molar-refractivity contribution < 1.29 is 14.7 Å². The first-order chi connectivity index (χ1) is 13.1. The van der Waals surface area contributed by atoms with Crippen LogP contribution in [0.4, 0.5) is 0 Å². The summed E-state index contributed by atoms with van der Waals surface area (Å²) >= 11 is 0. The van der Waals surface area contributed by atoms with Crippen LogP contribution in [0.25, 0.3) is 21.8 Å². The molecule has 0 saturated carbocycles. The van der Waals surface area contributed by atoms with Gasteiger partial charge in [0.05, 0.1) is 24.4 Å². The van der Waals surface area contributed by atoms with Crippen molar-refractivity contribution in [3.05, 3.63) is 42.2 Å². The van der Waals surface area contributed by atoms with Crippen LogP contribution in [0.2, 0.25) is 0 Å². The van der Waals surface area contributed by atoms with E-state index in [2.05, 4.69) is 15.3 Å². The zero-order chi connectivity index (χ0) is 19.0. The van der Waals surface area contributed by atoms with Crippen LogP contribution in [0.1, 0.15) is 30.3 Å². The number of aliphatic hydroxyl groups is 1. The lowest BCUT2D eigenvalue weighted by molar-refractivity contribution is -0.134. The molecular weight excluding hydrogens is 344 g/mol. The summed E-state index contributed by atoms with van der Waals surface area (Å²) in [7, 11) is 0. The van der Waals surface area contributed by atoms with Gasteiger partial charge in [-0.1, -0.05) is 18.2 Å². The maximum absolute atomic E-state index is 12.6. The van der Waals surface area contributed by atoms with Crippen molar-refractivity contribution in [2.24, 2.45) is 0 Å². The molecule has 7 nitrogen and oxygen atoms in total. The number of para-hydroxylation sites is 1. The standard InChI is InChI=1S/C20H22N4O3/c1-12(20(27)24-8-4-5-13(24)11-25)22-19(26)17-9-15-14-6-2-3-7-16(14)23-18(15)10-21-17/h2-3,6-7,9-10,12-13,23,25H,4-5,8,11H2,1H3,(H,22,26). The van der Waals surface area contributed by atoms with Gasteiger partial charge in [-0.25, -0.2) is 4.98 Å². The number of hydrogen-bond donors (Lipinski definition) is 3. The lowest BCUT2D eigenvalue weighted by Gasteiger charge is -2.26. The van der Waals surface area contributed by atoms with Crippen molar-refractivity contribution in [3.8, 4) is 0 Å². The van der Waals surface area contributed by atoms with Crippen molar-refractivity contribution in [3.63, 3.8) is 0 Å². The number of carbonyl (C=O) groups excluding carboxylic acids is 2. The average Bonchev–Trinajstić information content (AvgIpc) is 3.30. The minimum atomic E-state index is -0.676. The Kier molecular flexibility index (Phi) is 4.53. The van der Waals surface area contributed by atoms with E-state index in [1.54, 1.807) is 24.1 Å². The first-order valence-corrected chi connectivity index (χ1v) is 9.17. The van der Waals surface area contributed by atoms with Crippen LogP contribution in [-0.4, -0.2) is 57.0 Å². The molecule has 3 aromatic rings. The summed E-state index contributed by atoms with van der Waals surface area (Å²) in [5.74, 6) is -0.559. The second-order valence-corrected chi connectivity index (χ2v) is 6.99. The molecule has 3 N–H and O–H groups in total. The normalized spacial score (nSPS) is 18.1. The molecular formula is C20H22N4O3. The van der Waals surface area contributed by atoms with Crippen molar-refractivity contribution in [1.29, 1.82) is 0 Å². The Morgan fingerprint density at radius 2 is 2.15 bits per heavy atom. The summed E-state index contributed by atoms with van der Waals surface area (Å²) < 4.78 is 0. The van der Waals surface area contributed by atoms with Crippen LogP contribution >= 0.6 is 0 Å². The average molecular weight is 366 g/mol. The maximum atomic E-state index is 12.6. The van der Waals surface area contributed by atoms with Gasteiger partial charge in [-0.2, -0.15) is 0 Å². The number of nitrogens with zero attached hydrogens (tertiary/aromatic N) is 2. The van der Waals surface area contributed by atoms with Crippen molar-refractivity contribution in [1.82, 2.24) is 20.2 Å². The number of aliphatic hydroxyl groups excluding tert-OH is 1. The number of nitrogens with one attached hydrogen (secondary N) is 2. The zero-order valence-electron chi connectivity index (χ0n) is 15.1. The molecule has 27 heavy (non-hydrogen) atoms. The van der Waals surface area contributed by atoms with Crippen LogP contribution < -0.4 is 5.32 Å². The molecule has 2 amide bonds. The van der Waals surface area contributed by atoms with Gasteiger partial charge in [-0.15, -0.1) is 0 Å². The minimum Gasteiger partial charge on any atom is -0.394 e. The molecule has 3 heterocycles. The summed E-state index contributed by atoms with van der Waals surface area (Å²) in [6, 6.07) is 8.78. The van der Waals surface area contributed by atoms with E-state index in [9.17, 15) is 14.7 Å². The number of benzene rings is 1. The van der Waals surface area contributed by atoms with E-state index < -0.39 is 6.04 Å². The number of amides is 2. The van der Waals surface area contributed by atoms with Gasteiger partial charge in [0.2, 0.25) is 5.91 Å². The molecule has 2 aromatic heterocycles. The molecule has 1 saturated heterocycles. The molecule has 0 aliphatic carbocycles. The van der Waals surface area contributed by atoms with Crippen LogP contribution in [0.15, 0.2) is 36.5 Å². The van der Waals surface area contributed by atoms with Crippen LogP contribution in [0.3, 0.4) is 0 Å². The third kappa shape index (κ3) is 3.14. The number of likely N-dealkylation sites (tertiary alicyclic amines) is 1. The Morgan fingerprint density at radius 3 is 2.96 bits per heavy atom. The second-order valence-electron chi connectivity index (χ2n) is 6.99. The van der Waals surface area contributed by atoms with E-state index >= 15 is 0 Å². The highest BCUT2D eigenvalue weighted by molar-refractivity contribution is 6.09. The third-order valence-electron chi connectivity index (χ3n) is 5.21. The summed E-state index contributed by atoms with van der Waals surface area (Å²) in [6.45, 7) is 2.23. The Morgan fingerprint density at radius 1 is 1.33 bits per heavy atom. The Labute approximate surface area is 156 Å². The largest absolute Gasteiger partial charge is 0.394 e. The number of pyridine rings is 1. The third-order valence-corrected chi connectivity index (χ3v) is 5.21. The van der Waals surface area contributed by atoms with Gasteiger partial charge in [0.25, 0.3) is 5.91 Å². The summed E-state index contributed by atoms with van der Waals surface area (Å²) in [5, 5.41) is 14.1. The molecule has 0 spiro atoms. The van der Waals surface area contributed by atoms with Gasteiger partial charge in [-0.05, 0) is 31.9 Å². The van der Waals surface area contributed by atoms with Gasteiger partial charge < -0.3 is 20.3 Å². The van der Waals surface area contributed by atoms with Crippen LogP contribution in [0.5, 0.6) is 0 Å². The molecule has 1 fully saturated rings. The molecule has 7 heteroatoms. The smallest absolute Gasteiger partial charge is 0.270 e. The highest BCUT2D eigenvalue weighted by atomic mass is 16.3. The second kappa shape index (κ2) is 7.00. The first-order valence-electron chi connectivity index (χ1n) is 9.17. The van der Waals surface area contributed by atoms with Crippen LogP contribution in [-0.2, 0) is 4.79 Å². The fraction of sp³-hybridized carbons (Fsp3) is 0.350. The number of H-pyrrole nitrogens is 1. The Bertz CT molecular complexity index is 1010. The Hall–Kier alpha value is -2.93. The zero-order valence-corrected chi connectivity index (χ0v) is 15.1. The highest BCUT2D eigenvalue weighted by Crippen LogP contribution is 2.25. The van der Waals surface area contributed by atoms with Crippen molar-refractivity contribution in [2.45, 2.75) is 31.8 Å². The lowest BCUT2D eigenvalue weighted by atomic mass is 10.1. The number of fused-ring (bicyclic) bond motifs is 3. The quantitative estimate of drug-likeness (QED) is 0.656. The van der Waals surface area contributed by atoms with Crippen LogP contribution in [0, 0.1) is 0 Å². The molecule has 0 bridgehead atoms. The molecule has 1 aliphatic rings. The molecule has 2 atom stereocenters. The van der Waals surface area contributed by atoms with E-state index in [0.29, 0.717) is 6.54 Å². The van der Waals surface area contributed by atoms with Crippen molar-refractivity contribution >= 4 is 33.6 Å². The van der Waals surface area contributed by atoms with Gasteiger partial charge in [0, 0.05) is 22.8 Å². The predicted molar refractivity (Wildman–Crippen MR) is 102 cm³/mol. The molecule has 2 unspecified atom stereocenters. The number of aromatic nitrogens is 2. The van der Waals surface area contributed by atoms with E-state index in [1.807, 2.05) is 24.3 Å². The lowest BCUT2D eigenvalue weighted by Crippen LogP contribution is -2.49. The number of aromatic amines is 1.